The molecule has 0 fully saturated rings. The molecule has 0 bridgehead atoms. The van der Waals surface area contributed by atoms with E-state index in [1.165, 1.54) is 291 Å². The van der Waals surface area contributed by atoms with E-state index in [-0.39, 0.29) is 10.8 Å². The van der Waals surface area contributed by atoms with Crippen molar-refractivity contribution >= 4 is 0 Å². The van der Waals surface area contributed by atoms with E-state index < -0.39 is 0 Å². The maximum atomic E-state index is 7.54. The highest BCUT2D eigenvalue weighted by molar-refractivity contribution is 5.94. The molecule has 2 aliphatic rings. The maximum absolute atomic E-state index is 7.54. The van der Waals surface area contributed by atoms with E-state index in [9.17, 15) is 0 Å². The summed E-state index contributed by atoms with van der Waals surface area (Å²) in [5, 5.41) is 0. The molecule has 10 aromatic rings. The van der Waals surface area contributed by atoms with Crippen LogP contribution in [0.4, 0.5) is 0 Å². The molecule has 12 rings (SSSR count). The molecule has 122 heavy (non-hydrogen) atoms. The van der Waals surface area contributed by atoms with Crippen LogP contribution < -0.4 is 18.9 Å². The molecular formula is C118H154O4. The lowest BCUT2D eigenvalue weighted by molar-refractivity contribution is 0.233. The molecule has 10 aromatic carbocycles. The molecule has 0 aliphatic heterocycles. The zero-order chi connectivity index (χ0) is 85.5. The number of unbranched alkanes of at least 4 members (excludes halogenated alkanes) is 16. The summed E-state index contributed by atoms with van der Waals surface area (Å²) in [6.45, 7) is 30.9. The van der Waals surface area contributed by atoms with Gasteiger partial charge in [-0.1, -0.05) is 396 Å². The molecule has 0 amide bonds. The van der Waals surface area contributed by atoms with Gasteiger partial charge in [0.1, 0.15) is 23.0 Å². The molecule has 0 heterocycles. The Morgan fingerprint density at radius 2 is 0.459 bits per heavy atom. The van der Waals surface area contributed by atoms with Crippen molar-refractivity contribution in [2.75, 3.05) is 26.4 Å². The van der Waals surface area contributed by atoms with Crippen LogP contribution in [0.25, 0.3) is 100 Å². The zero-order valence-corrected chi connectivity index (χ0v) is 77.9. The van der Waals surface area contributed by atoms with E-state index in [1.807, 2.05) is 0 Å². The largest absolute Gasteiger partial charge is 0.493 e. The van der Waals surface area contributed by atoms with Gasteiger partial charge in [-0.3, -0.25) is 0 Å². The Bertz CT molecular complexity index is 4460. The maximum Gasteiger partial charge on any atom is 0.134 e. The van der Waals surface area contributed by atoms with Crippen molar-refractivity contribution in [3.8, 4) is 123 Å². The monoisotopic (exact) mass is 1640 g/mol. The molecule has 0 aromatic heterocycles. The van der Waals surface area contributed by atoms with Crippen molar-refractivity contribution in [2.45, 2.75) is 325 Å². The van der Waals surface area contributed by atoms with Crippen molar-refractivity contribution in [1.82, 2.24) is 0 Å². The first-order chi connectivity index (χ1) is 59.9. The molecule has 650 valence electrons. The second kappa shape index (κ2) is 47.5. The fraction of sp³-hybridized carbons (Fsp3) is 0.492. The molecule has 0 radical (unpaired) electrons. The van der Waals surface area contributed by atoms with Crippen molar-refractivity contribution < 1.29 is 18.9 Å². The number of fused-ring (bicyclic) bond motifs is 6. The number of hydrogen-bond donors (Lipinski definition) is 0. The Labute approximate surface area is 741 Å². The summed E-state index contributed by atoms with van der Waals surface area (Å²) in [4.78, 5) is 0. The van der Waals surface area contributed by atoms with Gasteiger partial charge < -0.3 is 18.9 Å². The predicted molar refractivity (Wildman–Crippen MR) is 527 cm³/mol. The fourth-order valence-electron chi connectivity index (χ4n) is 20.3. The van der Waals surface area contributed by atoms with Crippen LogP contribution in [-0.4, -0.2) is 26.4 Å². The van der Waals surface area contributed by atoms with Crippen LogP contribution in [0.15, 0.2) is 206 Å². The number of hydrogen-bond acceptors (Lipinski definition) is 4. The van der Waals surface area contributed by atoms with Crippen LogP contribution in [0.5, 0.6) is 23.0 Å². The van der Waals surface area contributed by atoms with Crippen LogP contribution in [0.3, 0.4) is 0 Å². The molecule has 4 nitrogen and oxygen atoms in total. The van der Waals surface area contributed by atoms with Crippen molar-refractivity contribution in [2.24, 2.45) is 23.7 Å². The minimum absolute atomic E-state index is 0.196. The Kier molecular flexibility index (Phi) is 36.0. The van der Waals surface area contributed by atoms with Gasteiger partial charge in [0.15, 0.2) is 0 Å². The van der Waals surface area contributed by atoms with E-state index in [4.69, 9.17) is 18.9 Å². The summed E-state index contributed by atoms with van der Waals surface area (Å²) < 4.78 is 28.2. The van der Waals surface area contributed by atoms with Gasteiger partial charge in [0, 0.05) is 33.1 Å². The highest BCUT2D eigenvalue weighted by Crippen LogP contribution is 2.60. The second-order valence-corrected chi connectivity index (χ2v) is 36.9. The smallest absolute Gasteiger partial charge is 0.134 e. The van der Waals surface area contributed by atoms with Crippen molar-refractivity contribution in [3.05, 3.63) is 229 Å². The normalized spacial score (nSPS) is 13.9. The van der Waals surface area contributed by atoms with Gasteiger partial charge in [0.25, 0.3) is 0 Å². The lowest BCUT2D eigenvalue weighted by Crippen LogP contribution is -2.26. The SMILES string of the molecule is CCCCCCC1(CCCCCC)c2cc(-c3ccc4c(c3)C(CCCCCC)(CCCCCC)c3cc(-c5cc(-c6ccc(OCC(CC)CCCC)cc6)cc(-c6ccccc6)c5OCC(CC)CCCC)ccc3-4)ccc2-c2ccc(-c3cc(-c4ccc(OCC(CC)CCCC)cc4)cc(-c4ccccc4)c3OCC(CC)CCCC)cc21. The average Bonchev–Trinajstić information content (AvgIpc) is 1.54. The lowest BCUT2D eigenvalue weighted by Gasteiger charge is -2.34. The van der Waals surface area contributed by atoms with E-state index in [2.05, 4.69) is 289 Å². The number of ether oxygens (including phenoxy) is 4. The summed E-state index contributed by atoms with van der Waals surface area (Å²) in [6.07, 6.45) is 42.9. The molecule has 4 unspecified atom stereocenters. The molecule has 4 heteroatoms. The molecular weight excluding hydrogens is 1480 g/mol. The third-order valence-electron chi connectivity index (χ3n) is 28.3. The Balaban J connectivity index is 1.01. The van der Waals surface area contributed by atoms with Gasteiger partial charge in [-0.2, -0.15) is 0 Å². The summed E-state index contributed by atoms with van der Waals surface area (Å²) in [6, 6.07) is 81.0. The van der Waals surface area contributed by atoms with Gasteiger partial charge >= 0.3 is 0 Å². The van der Waals surface area contributed by atoms with Gasteiger partial charge in [0.05, 0.1) is 26.4 Å². The first kappa shape index (κ1) is 92.6. The third kappa shape index (κ3) is 22.9. The van der Waals surface area contributed by atoms with Crippen LogP contribution in [0.2, 0.25) is 0 Å². The summed E-state index contributed by atoms with van der Waals surface area (Å²) in [5.41, 5.74) is 28.2. The lowest BCUT2D eigenvalue weighted by atomic mass is 9.69. The topological polar surface area (TPSA) is 36.9 Å². The zero-order valence-electron chi connectivity index (χ0n) is 77.9. The Hall–Kier alpha value is -8.60. The second-order valence-electron chi connectivity index (χ2n) is 36.9. The first-order valence-corrected chi connectivity index (χ1v) is 49.7. The average molecular weight is 1640 g/mol. The van der Waals surface area contributed by atoms with E-state index in [1.54, 1.807) is 0 Å². The highest BCUT2D eigenvalue weighted by Gasteiger charge is 2.45. The Morgan fingerprint density at radius 3 is 0.738 bits per heavy atom. The molecule has 0 saturated heterocycles. The van der Waals surface area contributed by atoms with E-state index in [0.717, 1.165) is 98.7 Å². The minimum atomic E-state index is -0.196. The van der Waals surface area contributed by atoms with Gasteiger partial charge in [-0.15, -0.1) is 0 Å². The predicted octanol–water partition coefficient (Wildman–Crippen LogP) is 36.2. The summed E-state index contributed by atoms with van der Waals surface area (Å²) in [7, 11) is 0. The van der Waals surface area contributed by atoms with Crippen LogP contribution in [-0.2, 0) is 10.8 Å². The standard InChI is InChI=1S/C118H154O4/c1-13-25-33-43-71-117(72-44-34-26-14-2)111-79-95(59-67-103(111)105-69-61-97(81-113(105)117)109-77-99(91-55-63-101(64-56-91)119-83-87(21-9)47-29-17-5)75-107(93-51-39-37-40-52-93)115(109)121-85-89(23-11)49-31-19-7)96-60-68-104-106-70-62-98(82-114(106)118(112(104)80-96,73-45-35-27-15-3)74-46-36-28-16-4)110-78-100(92-57-65-102(66-58-92)120-84-88(22-10)48-30-18-6)76-108(94-53-41-38-42-54-94)116(110)122-86-90(24-12)50-32-20-8/h37-42,51-70,75-82,87-90H,13-36,43-50,71-74,83-86H2,1-12H3. The quantitative estimate of drug-likeness (QED) is 0.0356. The third-order valence-corrected chi connectivity index (χ3v) is 28.3. The Morgan fingerprint density at radius 1 is 0.205 bits per heavy atom. The van der Waals surface area contributed by atoms with Crippen molar-refractivity contribution in [1.29, 1.82) is 0 Å². The molecule has 0 N–H and O–H groups in total. The van der Waals surface area contributed by atoms with E-state index >= 15 is 0 Å². The summed E-state index contributed by atoms with van der Waals surface area (Å²) >= 11 is 0. The van der Waals surface area contributed by atoms with Crippen LogP contribution in [0.1, 0.15) is 336 Å². The number of benzene rings is 10. The van der Waals surface area contributed by atoms with Gasteiger partial charge in [0.2, 0.25) is 0 Å². The fourth-order valence-corrected chi connectivity index (χ4v) is 20.3. The van der Waals surface area contributed by atoms with Gasteiger partial charge in [-0.25, -0.2) is 0 Å². The van der Waals surface area contributed by atoms with Crippen LogP contribution >= 0.6 is 0 Å². The molecule has 4 atom stereocenters. The van der Waals surface area contributed by atoms with E-state index in [0.29, 0.717) is 36.9 Å². The molecule has 0 spiro atoms. The van der Waals surface area contributed by atoms with Gasteiger partial charge in [-0.05, 0) is 248 Å². The summed E-state index contributed by atoms with van der Waals surface area (Å²) in [5.74, 6) is 5.92. The minimum Gasteiger partial charge on any atom is -0.493 e. The molecule has 2 aliphatic carbocycles. The highest BCUT2D eigenvalue weighted by atomic mass is 16.5. The molecule has 0 saturated carbocycles. The van der Waals surface area contributed by atoms with Crippen molar-refractivity contribution in [3.63, 3.8) is 0 Å². The number of rotatable bonds is 55. The first-order valence-electron chi connectivity index (χ1n) is 49.7. The van der Waals surface area contributed by atoms with Crippen LogP contribution in [0, 0.1) is 23.7 Å².